The zero-order valence-electron chi connectivity index (χ0n) is 10.2. The van der Waals surface area contributed by atoms with Gasteiger partial charge in [-0.2, -0.15) is 5.26 Å². The second-order valence-corrected chi connectivity index (χ2v) is 4.71. The maximum Gasteiger partial charge on any atom is 0.349 e. The SMILES string of the molecule is COC(=O)c1cnc(Nc2ccc(CC#N)cc2)s1. The van der Waals surface area contributed by atoms with Gasteiger partial charge in [-0.05, 0) is 17.7 Å². The smallest absolute Gasteiger partial charge is 0.349 e. The largest absolute Gasteiger partial charge is 0.465 e. The molecule has 1 heterocycles. The van der Waals surface area contributed by atoms with Gasteiger partial charge in [0.25, 0.3) is 0 Å². The third-order valence-electron chi connectivity index (χ3n) is 2.38. The molecule has 0 bridgehead atoms. The molecule has 2 aromatic rings. The highest BCUT2D eigenvalue weighted by atomic mass is 32.1. The first-order valence-electron chi connectivity index (χ1n) is 5.50. The normalized spacial score (nSPS) is 9.68. The molecule has 0 atom stereocenters. The molecule has 0 spiro atoms. The van der Waals surface area contributed by atoms with E-state index in [1.807, 2.05) is 24.3 Å². The lowest BCUT2D eigenvalue weighted by molar-refractivity contribution is 0.0606. The minimum atomic E-state index is -0.394. The Morgan fingerprint density at radius 1 is 1.47 bits per heavy atom. The minimum absolute atomic E-state index is 0.393. The molecule has 0 unspecified atom stereocenters. The first-order valence-corrected chi connectivity index (χ1v) is 6.31. The number of aromatic nitrogens is 1. The maximum atomic E-state index is 11.3. The number of hydrogen-bond donors (Lipinski definition) is 1. The number of methoxy groups -OCH3 is 1. The number of thiazole rings is 1. The van der Waals surface area contributed by atoms with Gasteiger partial charge in [0.2, 0.25) is 0 Å². The number of esters is 1. The number of carbonyl (C=O) groups excluding carboxylic acids is 1. The van der Waals surface area contributed by atoms with Crippen molar-refractivity contribution in [2.24, 2.45) is 0 Å². The molecule has 0 amide bonds. The summed E-state index contributed by atoms with van der Waals surface area (Å²) >= 11 is 1.23. The molecule has 19 heavy (non-hydrogen) atoms. The van der Waals surface area contributed by atoms with Gasteiger partial charge < -0.3 is 10.1 Å². The molecule has 1 aromatic heterocycles. The van der Waals surface area contributed by atoms with E-state index in [-0.39, 0.29) is 0 Å². The van der Waals surface area contributed by atoms with Crippen molar-refractivity contribution in [2.75, 3.05) is 12.4 Å². The van der Waals surface area contributed by atoms with Crippen LogP contribution in [0.4, 0.5) is 10.8 Å². The van der Waals surface area contributed by atoms with Gasteiger partial charge in [-0.15, -0.1) is 0 Å². The summed E-state index contributed by atoms with van der Waals surface area (Å²) in [6, 6.07) is 9.58. The maximum absolute atomic E-state index is 11.3. The molecule has 0 aliphatic heterocycles. The Balaban J connectivity index is 2.06. The third kappa shape index (κ3) is 3.30. The highest BCUT2D eigenvalue weighted by Gasteiger charge is 2.10. The van der Waals surface area contributed by atoms with E-state index >= 15 is 0 Å². The van der Waals surface area contributed by atoms with Crippen molar-refractivity contribution < 1.29 is 9.53 Å². The van der Waals surface area contributed by atoms with Crippen molar-refractivity contribution >= 4 is 28.1 Å². The second kappa shape index (κ2) is 5.98. The van der Waals surface area contributed by atoms with Gasteiger partial charge in [-0.1, -0.05) is 23.5 Å². The molecule has 1 N–H and O–H groups in total. The van der Waals surface area contributed by atoms with Crippen LogP contribution >= 0.6 is 11.3 Å². The van der Waals surface area contributed by atoms with E-state index < -0.39 is 5.97 Å². The van der Waals surface area contributed by atoms with Gasteiger partial charge in [0.1, 0.15) is 4.88 Å². The fraction of sp³-hybridized carbons (Fsp3) is 0.154. The summed E-state index contributed by atoms with van der Waals surface area (Å²) in [7, 11) is 1.34. The average Bonchev–Trinajstić information content (AvgIpc) is 2.89. The van der Waals surface area contributed by atoms with Gasteiger partial charge in [-0.3, -0.25) is 0 Å². The van der Waals surface area contributed by atoms with Gasteiger partial charge in [0.05, 0.1) is 25.8 Å². The number of anilines is 2. The number of carbonyl (C=O) groups is 1. The summed E-state index contributed by atoms with van der Waals surface area (Å²) in [5.74, 6) is -0.394. The second-order valence-electron chi connectivity index (χ2n) is 3.68. The molecule has 1 aromatic carbocycles. The minimum Gasteiger partial charge on any atom is -0.465 e. The van der Waals surface area contributed by atoms with E-state index in [1.54, 1.807) is 0 Å². The zero-order valence-corrected chi connectivity index (χ0v) is 11.0. The molecule has 0 radical (unpaired) electrons. The van der Waals surface area contributed by atoms with Crippen LogP contribution in [0, 0.1) is 11.3 Å². The lowest BCUT2D eigenvalue weighted by Gasteiger charge is -2.02. The number of nitrogens with zero attached hydrogens (tertiary/aromatic N) is 2. The van der Waals surface area contributed by atoms with Crippen LogP contribution in [0.1, 0.15) is 15.2 Å². The fourth-order valence-electron chi connectivity index (χ4n) is 1.45. The van der Waals surface area contributed by atoms with Crippen molar-refractivity contribution in [3.8, 4) is 6.07 Å². The molecule has 96 valence electrons. The van der Waals surface area contributed by atoms with Crippen molar-refractivity contribution in [1.82, 2.24) is 4.98 Å². The highest BCUT2D eigenvalue weighted by molar-refractivity contribution is 7.17. The van der Waals surface area contributed by atoms with Gasteiger partial charge in [0, 0.05) is 5.69 Å². The van der Waals surface area contributed by atoms with E-state index in [1.165, 1.54) is 24.6 Å². The summed E-state index contributed by atoms with van der Waals surface area (Å²) in [5, 5.41) is 12.3. The van der Waals surface area contributed by atoms with Crippen LogP contribution in [0.2, 0.25) is 0 Å². The van der Waals surface area contributed by atoms with Crippen molar-refractivity contribution in [3.05, 3.63) is 40.9 Å². The topological polar surface area (TPSA) is 75.0 Å². The number of benzene rings is 1. The molecule has 0 saturated heterocycles. The predicted octanol–water partition coefficient (Wildman–Crippen LogP) is 2.74. The molecular formula is C13H11N3O2S. The predicted molar refractivity (Wildman–Crippen MR) is 72.5 cm³/mol. The first-order chi connectivity index (χ1) is 9.22. The van der Waals surface area contributed by atoms with Gasteiger partial charge >= 0.3 is 5.97 Å². The lowest BCUT2D eigenvalue weighted by atomic mass is 10.1. The Labute approximate surface area is 114 Å². The van der Waals surface area contributed by atoms with E-state index in [9.17, 15) is 4.79 Å². The summed E-state index contributed by atoms with van der Waals surface area (Å²) in [6.07, 6.45) is 1.87. The quantitative estimate of drug-likeness (QED) is 0.867. The number of hydrogen-bond acceptors (Lipinski definition) is 6. The van der Waals surface area contributed by atoms with Crippen LogP contribution < -0.4 is 5.32 Å². The Morgan fingerprint density at radius 2 is 2.21 bits per heavy atom. The number of nitrogens with one attached hydrogen (secondary N) is 1. The molecule has 0 aliphatic carbocycles. The Hall–Kier alpha value is -2.39. The molecule has 0 saturated carbocycles. The van der Waals surface area contributed by atoms with E-state index in [2.05, 4.69) is 21.1 Å². The fourth-order valence-corrected chi connectivity index (χ4v) is 2.20. The summed E-state index contributed by atoms with van der Waals surface area (Å²) in [6.45, 7) is 0. The van der Waals surface area contributed by atoms with Gasteiger partial charge in [-0.25, -0.2) is 9.78 Å². The van der Waals surface area contributed by atoms with Crippen LogP contribution in [0.25, 0.3) is 0 Å². The Bertz CT molecular complexity index is 614. The van der Waals surface area contributed by atoms with Crippen LogP contribution in [0.3, 0.4) is 0 Å². The average molecular weight is 273 g/mol. The van der Waals surface area contributed by atoms with Crippen LogP contribution in [0.15, 0.2) is 30.5 Å². The van der Waals surface area contributed by atoms with E-state index in [4.69, 9.17) is 5.26 Å². The lowest BCUT2D eigenvalue weighted by Crippen LogP contribution is -1.96. The van der Waals surface area contributed by atoms with Crippen LogP contribution in [-0.4, -0.2) is 18.1 Å². The summed E-state index contributed by atoms with van der Waals surface area (Å²) in [5.41, 5.74) is 1.81. The monoisotopic (exact) mass is 273 g/mol. The number of rotatable bonds is 4. The van der Waals surface area contributed by atoms with Gasteiger partial charge in [0.15, 0.2) is 5.13 Å². The highest BCUT2D eigenvalue weighted by Crippen LogP contribution is 2.23. The van der Waals surface area contributed by atoms with Crippen LogP contribution in [0.5, 0.6) is 0 Å². The van der Waals surface area contributed by atoms with E-state index in [0.29, 0.717) is 16.4 Å². The van der Waals surface area contributed by atoms with Crippen molar-refractivity contribution in [2.45, 2.75) is 6.42 Å². The number of nitriles is 1. The molecule has 6 heteroatoms. The Morgan fingerprint density at radius 3 is 2.84 bits per heavy atom. The van der Waals surface area contributed by atoms with E-state index in [0.717, 1.165) is 11.3 Å². The Kier molecular flexibility index (Phi) is 4.11. The molecule has 2 rings (SSSR count). The van der Waals surface area contributed by atoms with Crippen molar-refractivity contribution in [1.29, 1.82) is 5.26 Å². The molecule has 0 fully saturated rings. The number of ether oxygens (including phenoxy) is 1. The zero-order chi connectivity index (χ0) is 13.7. The first kappa shape index (κ1) is 13.1. The van der Waals surface area contributed by atoms with Crippen molar-refractivity contribution in [3.63, 3.8) is 0 Å². The molecular weight excluding hydrogens is 262 g/mol. The summed E-state index contributed by atoms with van der Waals surface area (Å²) < 4.78 is 4.62. The molecule has 0 aliphatic rings. The third-order valence-corrected chi connectivity index (χ3v) is 3.27. The standard InChI is InChI=1S/C13H11N3O2S/c1-18-12(17)11-8-15-13(19-11)16-10-4-2-9(3-5-10)6-7-14/h2-5,8H,6H2,1H3,(H,15,16). The molecule has 5 nitrogen and oxygen atoms in total. The summed E-state index contributed by atoms with van der Waals surface area (Å²) in [4.78, 5) is 15.8. The van der Waals surface area contributed by atoms with Crippen LogP contribution in [-0.2, 0) is 11.2 Å².